The van der Waals surface area contributed by atoms with Crippen molar-refractivity contribution in [3.8, 4) is 11.5 Å². The van der Waals surface area contributed by atoms with Crippen molar-refractivity contribution in [1.82, 2.24) is 9.88 Å². The molecule has 0 N–H and O–H groups in total. The van der Waals surface area contributed by atoms with Gasteiger partial charge in [0, 0.05) is 23.9 Å². The predicted octanol–water partition coefficient (Wildman–Crippen LogP) is 3.86. The maximum atomic E-state index is 13.4. The van der Waals surface area contributed by atoms with Crippen LogP contribution in [0.3, 0.4) is 0 Å². The van der Waals surface area contributed by atoms with E-state index in [0.717, 1.165) is 33.9 Å². The van der Waals surface area contributed by atoms with Crippen molar-refractivity contribution in [2.75, 3.05) is 0 Å². The second-order valence-corrected chi connectivity index (χ2v) is 6.41. The summed E-state index contributed by atoms with van der Waals surface area (Å²) in [6.45, 7) is 1.18. The molecule has 0 bridgehead atoms. The van der Waals surface area contributed by atoms with Gasteiger partial charge >= 0.3 is 0 Å². The van der Waals surface area contributed by atoms with Gasteiger partial charge in [0.1, 0.15) is 11.5 Å². The average Bonchev–Trinajstić information content (AvgIpc) is 3.10. The van der Waals surface area contributed by atoms with Gasteiger partial charge in [0.25, 0.3) is 0 Å². The number of amides is 1. The maximum absolute atomic E-state index is 13.4. The fourth-order valence-electron chi connectivity index (χ4n) is 3.71. The number of nitrogens with zero attached hydrogens (tertiary/aromatic N) is 2. The lowest BCUT2D eigenvalue weighted by Crippen LogP contribution is -2.32. The van der Waals surface area contributed by atoms with Crippen LogP contribution in [0.5, 0.6) is 11.5 Å². The molecular weight excluding hydrogens is 312 g/mol. The van der Waals surface area contributed by atoms with Crippen molar-refractivity contribution in [3.63, 3.8) is 0 Å². The number of benzene rings is 2. The molecule has 0 atom stereocenters. The van der Waals surface area contributed by atoms with Crippen LogP contribution in [0.25, 0.3) is 0 Å². The quantitative estimate of drug-likeness (QED) is 0.681. The first-order valence-corrected chi connectivity index (χ1v) is 8.38. The van der Waals surface area contributed by atoms with Gasteiger partial charge in [-0.25, -0.2) is 0 Å². The van der Waals surface area contributed by atoms with Crippen LogP contribution in [0.1, 0.15) is 28.3 Å². The van der Waals surface area contributed by atoms with Gasteiger partial charge in [-0.2, -0.15) is 0 Å². The highest BCUT2D eigenvalue weighted by Crippen LogP contribution is 2.45. The van der Waals surface area contributed by atoms with Crippen molar-refractivity contribution in [2.45, 2.75) is 19.0 Å². The van der Waals surface area contributed by atoms with E-state index in [0.29, 0.717) is 13.1 Å². The molecule has 25 heavy (non-hydrogen) atoms. The van der Waals surface area contributed by atoms with Crippen LogP contribution < -0.4 is 4.74 Å². The lowest BCUT2D eigenvalue weighted by atomic mass is 9.87. The van der Waals surface area contributed by atoms with E-state index in [1.807, 2.05) is 65.6 Å². The van der Waals surface area contributed by atoms with E-state index in [9.17, 15) is 4.79 Å². The topological polar surface area (TPSA) is 42.4 Å². The number of hydrogen-bond donors (Lipinski definition) is 0. The number of aromatic nitrogens is 1. The summed E-state index contributed by atoms with van der Waals surface area (Å²) in [5.74, 6) is 1.28. The minimum absolute atomic E-state index is 0.0983. The van der Waals surface area contributed by atoms with Gasteiger partial charge in [0.15, 0.2) is 0 Å². The van der Waals surface area contributed by atoms with Gasteiger partial charge in [0.2, 0.25) is 5.91 Å². The average molecular weight is 328 g/mol. The number of carbonyl (C=O) groups excluding carboxylic acids is 1. The number of ether oxygens (including phenoxy) is 1. The fourth-order valence-corrected chi connectivity index (χ4v) is 3.71. The Balaban J connectivity index is 1.57. The monoisotopic (exact) mass is 328 g/mol. The van der Waals surface area contributed by atoms with Crippen LogP contribution in [0.2, 0.25) is 0 Å². The number of fused-ring (bicyclic) bond motifs is 3. The highest BCUT2D eigenvalue weighted by Gasteiger charge is 2.37. The predicted molar refractivity (Wildman–Crippen MR) is 93.3 cm³/mol. The van der Waals surface area contributed by atoms with Gasteiger partial charge in [-0.1, -0.05) is 42.5 Å². The molecule has 0 unspecified atom stereocenters. The Bertz CT molecular complexity index is 912. The number of carbonyl (C=O) groups is 1. The van der Waals surface area contributed by atoms with Crippen LogP contribution in [-0.4, -0.2) is 15.8 Å². The lowest BCUT2D eigenvalue weighted by molar-refractivity contribution is -0.132. The first kappa shape index (κ1) is 14.2. The molecule has 1 aromatic heterocycles. The van der Waals surface area contributed by atoms with Crippen LogP contribution in [0.15, 0.2) is 66.9 Å². The molecule has 4 nitrogen and oxygen atoms in total. The van der Waals surface area contributed by atoms with E-state index < -0.39 is 0 Å². The SMILES string of the molecule is O=C(C1c2ccccc2Oc2ccccc21)N1Cc2cccnc2C1. The van der Waals surface area contributed by atoms with Crippen molar-refractivity contribution < 1.29 is 9.53 Å². The summed E-state index contributed by atoms with van der Waals surface area (Å²) in [6, 6.07) is 19.6. The zero-order valence-electron chi connectivity index (χ0n) is 13.6. The summed E-state index contributed by atoms with van der Waals surface area (Å²) in [6.07, 6.45) is 1.78. The smallest absolute Gasteiger partial charge is 0.235 e. The summed E-state index contributed by atoms with van der Waals surface area (Å²) in [5.41, 5.74) is 3.97. The molecule has 0 spiro atoms. The number of hydrogen-bond acceptors (Lipinski definition) is 3. The third kappa shape index (κ3) is 2.22. The second-order valence-electron chi connectivity index (χ2n) is 6.41. The van der Waals surface area contributed by atoms with E-state index in [4.69, 9.17) is 4.74 Å². The Labute approximate surface area is 145 Å². The fraction of sp³-hybridized carbons (Fsp3) is 0.143. The molecule has 122 valence electrons. The molecule has 2 aromatic carbocycles. The van der Waals surface area contributed by atoms with E-state index in [2.05, 4.69) is 4.98 Å². The molecule has 3 aromatic rings. The van der Waals surface area contributed by atoms with Crippen molar-refractivity contribution >= 4 is 5.91 Å². The van der Waals surface area contributed by atoms with Crippen LogP contribution in [-0.2, 0) is 17.9 Å². The Morgan fingerprint density at radius 1 is 0.920 bits per heavy atom. The largest absolute Gasteiger partial charge is 0.457 e. The molecule has 0 saturated carbocycles. The molecule has 1 amide bonds. The molecule has 3 heterocycles. The minimum Gasteiger partial charge on any atom is -0.457 e. The Morgan fingerprint density at radius 3 is 2.28 bits per heavy atom. The number of para-hydroxylation sites is 2. The molecule has 0 radical (unpaired) electrons. The highest BCUT2D eigenvalue weighted by molar-refractivity contribution is 5.90. The van der Waals surface area contributed by atoms with E-state index in [1.165, 1.54) is 0 Å². The summed E-state index contributed by atoms with van der Waals surface area (Å²) >= 11 is 0. The van der Waals surface area contributed by atoms with Gasteiger partial charge in [-0.05, 0) is 23.8 Å². The first-order chi connectivity index (χ1) is 12.3. The third-order valence-corrected chi connectivity index (χ3v) is 4.92. The van der Waals surface area contributed by atoms with E-state index >= 15 is 0 Å². The van der Waals surface area contributed by atoms with Crippen molar-refractivity contribution in [1.29, 1.82) is 0 Å². The van der Waals surface area contributed by atoms with Crippen molar-refractivity contribution in [2.24, 2.45) is 0 Å². The number of rotatable bonds is 1. The highest BCUT2D eigenvalue weighted by atomic mass is 16.5. The summed E-state index contributed by atoms with van der Waals surface area (Å²) < 4.78 is 6.00. The zero-order valence-corrected chi connectivity index (χ0v) is 13.6. The van der Waals surface area contributed by atoms with Gasteiger partial charge in [0.05, 0.1) is 18.2 Å². The molecule has 2 aliphatic rings. The molecule has 0 fully saturated rings. The maximum Gasteiger partial charge on any atom is 0.235 e. The molecule has 4 heteroatoms. The lowest BCUT2D eigenvalue weighted by Gasteiger charge is -2.30. The Hall–Kier alpha value is -3.14. The van der Waals surface area contributed by atoms with Gasteiger partial charge in [-0.15, -0.1) is 0 Å². The Kier molecular flexibility index (Phi) is 3.10. The van der Waals surface area contributed by atoms with Gasteiger partial charge < -0.3 is 9.64 Å². The normalized spacial score (nSPS) is 15.1. The number of pyridine rings is 1. The van der Waals surface area contributed by atoms with Crippen molar-refractivity contribution in [3.05, 3.63) is 89.2 Å². The summed E-state index contributed by atoms with van der Waals surface area (Å²) in [7, 11) is 0. The molecule has 0 saturated heterocycles. The molecule has 5 rings (SSSR count). The Morgan fingerprint density at radius 2 is 1.60 bits per heavy atom. The third-order valence-electron chi connectivity index (χ3n) is 4.92. The summed E-state index contributed by atoms with van der Waals surface area (Å²) in [4.78, 5) is 19.7. The molecular formula is C21H16N2O2. The van der Waals surface area contributed by atoms with Crippen LogP contribution in [0.4, 0.5) is 0 Å². The van der Waals surface area contributed by atoms with E-state index in [1.54, 1.807) is 6.20 Å². The molecule has 2 aliphatic heterocycles. The molecule has 0 aliphatic carbocycles. The summed E-state index contributed by atoms with van der Waals surface area (Å²) in [5, 5.41) is 0. The standard InChI is InChI=1S/C21H16N2O2/c24-21(23-12-14-6-5-11-22-17(14)13-23)20-15-7-1-3-9-18(15)25-19-10-4-2-8-16(19)20/h1-11,20H,12-13H2. The van der Waals surface area contributed by atoms with Gasteiger partial charge in [-0.3, -0.25) is 9.78 Å². The minimum atomic E-state index is -0.338. The zero-order chi connectivity index (χ0) is 16.8. The first-order valence-electron chi connectivity index (χ1n) is 8.38. The second kappa shape index (κ2) is 5.45. The van der Waals surface area contributed by atoms with E-state index in [-0.39, 0.29) is 11.8 Å². The van der Waals surface area contributed by atoms with Crippen LogP contribution >= 0.6 is 0 Å². The van der Waals surface area contributed by atoms with Crippen LogP contribution in [0, 0.1) is 0 Å².